The van der Waals surface area contributed by atoms with Crippen molar-refractivity contribution < 1.29 is 23.8 Å². The molecular weight excluding hydrogens is 645 g/mol. The Kier molecular flexibility index (Phi) is 42.0. The Balaban J connectivity index is 4.26. The number of carbonyl (C=O) groups excluding carboxylic acids is 2. The van der Waals surface area contributed by atoms with E-state index in [9.17, 15) is 9.59 Å². The van der Waals surface area contributed by atoms with Crippen molar-refractivity contribution in [2.24, 2.45) is 0 Å². The zero-order valence-electron chi connectivity index (χ0n) is 34.8. The zero-order valence-corrected chi connectivity index (χ0v) is 34.8. The van der Waals surface area contributed by atoms with E-state index in [1.807, 2.05) is 0 Å². The molecular formula is C47H86O5. The summed E-state index contributed by atoms with van der Waals surface area (Å²) in [6.07, 6.45) is 49.9. The van der Waals surface area contributed by atoms with Crippen molar-refractivity contribution in [1.29, 1.82) is 0 Å². The van der Waals surface area contributed by atoms with Gasteiger partial charge in [0.05, 0.1) is 6.61 Å². The van der Waals surface area contributed by atoms with Crippen molar-refractivity contribution in [3.8, 4) is 0 Å². The maximum Gasteiger partial charge on any atom is 0.306 e. The second kappa shape index (κ2) is 43.5. The summed E-state index contributed by atoms with van der Waals surface area (Å²) in [6, 6.07) is 0. The van der Waals surface area contributed by atoms with Gasteiger partial charge in [0.15, 0.2) is 6.10 Å². The molecule has 0 saturated carbocycles. The van der Waals surface area contributed by atoms with Gasteiger partial charge in [0, 0.05) is 19.4 Å². The van der Waals surface area contributed by atoms with Crippen LogP contribution in [0.25, 0.3) is 0 Å². The van der Waals surface area contributed by atoms with Gasteiger partial charge in [-0.05, 0) is 64.2 Å². The van der Waals surface area contributed by atoms with Crippen molar-refractivity contribution in [3.63, 3.8) is 0 Å². The van der Waals surface area contributed by atoms with Gasteiger partial charge in [-0.1, -0.05) is 186 Å². The Morgan fingerprint density at radius 3 is 1.42 bits per heavy atom. The van der Waals surface area contributed by atoms with E-state index in [-0.39, 0.29) is 25.2 Å². The summed E-state index contributed by atoms with van der Waals surface area (Å²) in [4.78, 5) is 25.2. The molecule has 0 aromatic rings. The molecule has 0 saturated heterocycles. The first-order chi connectivity index (χ1) is 25.6. The van der Waals surface area contributed by atoms with Crippen molar-refractivity contribution in [2.75, 3.05) is 19.8 Å². The molecule has 0 spiro atoms. The third-order valence-corrected chi connectivity index (χ3v) is 9.63. The number of hydrogen-bond acceptors (Lipinski definition) is 5. The highest BCUT2D eigenvalue weighted by atomic mass is 16.6. The molecule has 0 aromatic carbocycles. The summed E-state index contributed by atoms with van der Waals surface area (Å²) in [5.41, 5.74) is 0. The standard InChI is InChI=1S/C47H86O5/c1-4-7-10-13-16-19-22-24-26-28-31-34-37-40-46(48)51-44-45(43-50-42-39-36-33-30-27-23-20-17-14-11-8-5-2)52-47(49)41-38-35-32-29-25-21-18-15-12-9-6-3/h10,13,15,18-19,22,45H,4-9,11-12,14,16-17,20-21,23-44H2,1-3H3/b13-10-,18-15-,22-19-. The minimum Gasteiger partial charge on any atom is -0.462 e. The van der Waals surface area contributed by atoms with Crippen LogP contribution in [0.5, 0.6) is 0 Å². The molecule has 1 atom stereocenters. The summed E-state index contributed by atoms with van der Waals surface area (Å²) in [7, 11) is 0. The number of allylic oxidation sites excluding steroid dienone is 6. The van der Waals surface area contributed by atoms with Crippen LogP contribution in [-0.4, -0.2) is 37.9 Å². The molecule has 304 valence electrons. The third kappa shape index (κ3) is 40.9. The molecule has 0 N–H and O–H groups in total. The van der Waals surface area contributed by atoms with Gasteiger partial charge in [-0.25, -0.2) is 0 Å². The third-order valence-electron chi connectivity index (χ3n) is 9.63. The molecule has 0 aliphatic heterocycles. The lowest BCUT2D eigenvalue weighted by Crippen LogP contribution is -2.30. The average Bonchev–Trinajstić information content (AvgIpc) is 3.14. The maximum absolute atomic E-state index is 12.7. The smallest absolute Gasteiger partial charge is 0.306 e. The highest BCUT2D eigenvalue weighted by Crippen LogP contribution is 2.14. The predicted octanol–water partition coefficient (Wildman–Crippen LogP) is 14.7. The Morgan fingerprint density at radius 1 is 0.423 bits per heavy atom. The second-order valence-corrected chi connectivity index (χ2v) is 15.0. The molecule has 0 radical (unpaired) electrons. The van der Waals surface area contributed by atoms with Gasteiger partial charge in [-0.3, -0.25) is 9.59 Å². The van der Waals surface area contributed by atoms with Crippen molar-refractivity contribution in [1.82, 2.24) is 0 Å². The largest absolute Gasteiger partial charge is 0.462 e. The molecule has 1 unspecified atom stereocenters. The van der Waals surface area contributed by atoms with E-state index in [0.29, 0.717) is 19.4 Å². The van der Waals surface area contributed by atoms with Crippen molar-refractivity contribution >= 4 is 11.9 Å². The number of rotatable bonds is 41. The lowest BCUT2D eigenvalue weighted by Gasteiger charge is -2.18. The molecule has 0 amide bonds. The highest BCUT2D eigenvalue weighted by Gasteiger charge is 2.17. The van der Waals surface area contributed by atoms with E-state index in [1.165, 1.54) is 128 Å². The van der Waals surface area contributed by atoms with Gasteiger partial charge in [-0.15, -0.1) is 0 Å². The van der Waals surface area contributed by atoms with Gasteiger partial charge in [0.2, 0.25) is 0 Å². The number of hydrogen-bond donors (Lipinski definition) is 0. The summed E-state index contributed by atoms with van der Waals surface area (Å²) in [6.45, 7) is 7.72. The maximum atomic E-state index is 12.7. The van der Waals surface area contributed by atoms with E-state index in [0.717, 1.165) is 64.2 Å². The van der Waals surface area contributed by atoms with E-state index < -0.39 is 6.10 Å². The molecule has 0 bridgehead atoms. The zero-order chi connectivity index (χ0) is 37.8. The van der Waals surface area contributed by atoms with Gasteiger partial charge >= 0.3 is 11.9 Å². The van der Waals surface area contributed by atoms with E-state index in [4.69, 9.17) is 14.2 Å². The fraction of sp³-hybridized carbons (Fsp3) is 0.830. The van der Waals surface area contributed by atoms with Crippen LogP contribution in [0.4, 0.5) is 0 Å². The predicted molar refractivity (Wildman–Crippen MR) is 224 cm³/mol. The van der Waals surface area contributed by atoms with Crippen LogP contribution in [0.3, 0.4) is 0 Å². The van der Waals surface area contributed by atoms with Gasteiger partial charge in [0.1, 0.15) is 6.61 Å². The van der Waals surface area contributed by atoms with Crippen LogP contribution in [-0.2, 0) is 23.8 Å². The topological polar surface area (TPSA) is 61.8 Å². The minimum absolute atomic E-state index is 0.0781. The van der Waals surface area contributed by atoms with Crippen LogP contribution in [0.2, 0.25) is 0 Å². The monoisotopic (exact) mass is 731 g/mol. The second-order valence-electron chi connectivity index (χ2n) is 15.0. The number of carbonyl (C=O) groups is 2. The average molecular weight is 731 g/mol. The lowest BCUT2D eigenvalue weighted by molar-refractivity contribution is -0.163. The summed E-state index contributed by atoms with van der Waals surface area (Å²) >= 11 is 0. The fourth-order valence-electron chi connectivity index (χ4n) is 6.23. The van der Waals surface area contributed by atoms with Crippen LogP contribution >= 0.6 is 0 Å². The Hall–Kier alpha value is -1.88. The van der Waals surface area contributed by atoms with E-state index >= 15 is 0 Å². The fourth-order valence-corrected chi connectivity index (χ4v) is 6.23. The van der Waals surface area contributed by atoms with Crippen molar-refractivity contribution in [3.05, 3.63) is 36.5 Å². The molecule has 0 aliphatic carbocycles. The Morgan fingerprint density at radius 2 is 0.865 bits per heavy atom. The molecule has 5 heteroatoms. The number of ether oxygens (including phenoxy) is 3. The van der Waals surface area contributed by atoms with Crippen LogP contribution < -0.4 is 0 Å². The highest BCUT2D eigenvalue weighted by molar-refractivity contribution is 5.70. The van der Waals surface area contributed by atoms with Crippen LogP contribution in [0.1, 0.15) is 226 Å². The van der Waals surface area contributed by atoms with Crippen LogP contribution in [0, 0.1) is 0 Å². The van der Waals surface area contributed by atoms with Gasteiger partial charge in [-0.2, -0.15) is 0 Å². The normalized spacial score (nSPS) is 12.4. The van der Waals surface area contributed by atoms with Crippen LogP contribution in [0.15, 0.2) is 36.5 Å². The first-order valence-corrected chi connectivity index (χ1v) is 22.5. The summed E-state index contributed by atoms with van der Waals surface area (Å²) < 4.78 is 17.3. The SMILES string of the molecule is CCC/C=C\C/C=C\CCCCCCCC(=O)OCC(COCCCCCCCCCCCCCC)OC(=O)CCCCCCC/C=C\CCCC. The van der Waals surface area contributed by atoms with Gasteiger partial charge in [0.25, 0.3) is 0 Å². The molecule has 0 aliphatic rings. The number of esters is 2. The minimum atomic E-state index is -0.538. The first kappa shape index (κ1) is 50.1. The Bertz CT molecular complexity index is 832. The number of unbranched alkanes of at least 4 members (excludes halogenated alkanes) is 24. The molecule has 0 fully saturated rings. The summed E-state index contributed by atoms with van der Waals surface area (Å²) in [5.74, 6) is -0.419. The lowest BCUT2D eigenvalue weighted by atomic mass is 10.1. The molecule has 0 rings (SSSR count). The van der Waals surface area contributed by atoms with Crippen molar-refractivity contribution in [2.45, 2.75) is 232 Å². The summed E-state index contributed by atoms with van der Waals surface area (Å²) in [5, 5.41) is 0. The Labute approximate surface area is 323 Å². The molecule has 0 aromatic heterocycles. The first-order valence-electron chi connectivity index (χ1n) is 22.5. The van der Waals surface area contributed by atoms with Gasteiger partial charge < -0.3 is 14.2 Å². The molecule has 52 heavy (non-hydrogen) atoms. The van der Waals surface area contributed by atoms with E-state index in [2.05, 4.69) is 57.2 Å². The van der Waals surface area contributed by atoms with E-state index in [1.54, 1.807) is 0 Å². The molecule has 5 nitrogen and oxygen atoms in total. The molecule has 0 heterocycles. The quantitative estimate of drug-likeness (QED) is 0.0356.